The number of ether oxygens (including phenoxy) is 3. The van der Waals surface area contributed by atoms with E-state index in [2.05, 4.69) is 31.9 Å². The number of benzene rings is 3. The first kappa shape index (κ1) is 23.4. The van der Waals surface area contributed by atoms with Crippen LogP contribution in [0.15, 0.2) is 98.6 Å². The molecule has 0 saturated carbocycles. The Morgan fingerprint density at radius 3 is 2.43 bits per heavy atom. The molecule has 1 atom stereocenters. The van der Waals surface area contributed by atoms with Crippen molar-refractivity contribution in [2.45, 2.75) is 6.04 Å². The molecule has 8 heteroatoms. The number of pyridine rings is 1. The number of rotatable bonds is 5. The highest BCUT2D eigenvalue weighted by Gasteiger charge is 2.33. The molecule has 35 heavy (non-hydrogen) atoms. The van der Waals surface area contributed by atoms with Crippen molar-refractivity contribution in [1.29, 1.82) is 0 Å². The molecule has 1 unspecified atom stereocenters. The molecule has 1 aliphatic heterocycles. The van der Waals surface area contributed by atoms with E-state index < -0.39 is 12.0 Å². The summed E-state index contributed by atoms with van der Waals surface area (Å²) in [5.74, 6) is -0.237. The maximum Gasteiger partial charge on any atom is 0.355 e. The quantitative estimate of drug-likeness (QED) is 0.249. The van der Waals surface area contributed by atoms with Crippen molar-refractivity contribution in [1.82, 2.24) is 4.57 Å². The molecule has 0 bridgehead atoms. The highest BCUT2D eigenvalue weighted by atomic mass is 79.9. The van der Waals surface area contributed by atoms with Crippen molar-refractivity contribution in [3.63, 3.8) is 0 Å². The number of methoxy groups -OCH3 is 1. The van der Waals surface area contributed by atoms with E-state index in [0.717, 1.165) is 20.1 Å². The number of hydrogen-bond donors (Lipinski definition) is 0. The number of fused-ring (bicyclic) bond motifs is 1. The Balaban J connectivity index is 1.99. The van der Waals surface area contributed by atoms with Gasteiger partial charge in [0.15, 0.2) is 5.76 Å². The number of halogens is 2. The molecule has 176 valence electrons. The molecule has 1 aliphatic rings. The molecule has 1 aromatic heterocycles. The summed E-state index contributed by atoms with van der Waals surface area (Å²) < 4.78 is 19.4. The van der Waals surface area contributed by atoms with E-state index in [4.69, 9.17) is 14.2 Å². The first-order valence-corrected chi connectivity index (χ1v) is 12.3. The van der Waals surface area contributed by atoms with Gasteiger partial charge in [0, 0.05) is 19.9 Å². The lowest BCUT2D eigenvalue weighted by atomic mass is 9.95. The fourth-order valence-corrected chi connectivity index (χ4v) is 5.20. The molecule has 0 amide bonds. The highest BCUT2D eigenvalue weighted by molar-refractivity contribution is 9.10. The molecular formula is C27H19Br2NO5. The van der Waals surface area contributed by atoms with E-state index in [1.165, 1.54) is 17.9 Å². The summed E-state index contributed by atoms with van der Waals surface area (Å²) in [4.78, 5) is 27.6. The van der Waals surface area contributed by atoms with Gasteiger partial charge >= 0.3 is 5.97 Å². The fraction of sp³-hybridized carbons (Fsp3) is 0.111. The predicted octanol–water partition coefficient (Wildman–Crippen LogP) is 6.42. The van der Waals surface area contributed by atoms with E-state index in [0.29, 0.717) is 22.1 Å². The minimum absolute atomic E-state index is 0.0185. The zero-order valence-electron chi connectivity index (χ0n) is 18.5. The standard InChI is InChI=1S/C27H19Br2NO5/c1-33-27(32)25-23(16-7-3-2-4-8-16)20-13-17(28)11-12-18(20)26(31)30(25)24(22-14-34-15-35-22)19-9-5-6-10-21(19)29/h2-14,24H,15H2,1H3. The highest BCUT2D eigenvalue weighted by Crippen LogP contribution is 2.39. The van der Waals surface area contributed by atoms with Crippen molar-refractivity contribution in [2.24, 2.45) is 0 Å². The summed E-state index contributed by atoms with van der Waals surface area (Å²) in [6.45, 7) is 0.0185. The second-order valence-electron chi connectivity index (χ2n) is 7.82. The number of esters is 1. The van der Waals surface area contributed by atoms with Gasteiger partial charge in [-0.2, -0.15) is 0 Å². The van der Waals surface area contributed by atoms with Gasteiger partial charge in [0.25, 0.3) is 5.56 Å². The zero-order valence-corrected chi connectivity index (χ0v) is 21.7. The first-order chi connectivity index (χ1) is 17.0. The Bertz CT molecular complexity index is 1530. The molecule has 0 saturated heterocycles. The number of aromatic nitrogens is 1. The summed E-state index contributed by atoms with van der Waals surface area (Å²) >= 11 is 7.12. The van der Waals surface area contributed by atoms with Crippen LogP contribution in [0, 0.1) is 0 Å². The third kappa shape index (κ3) is 4.17. The minimum Gasteiger partial charge on any atom is -0.464 e. The van der Waals surface area contributed by atoms with Gasteiger partial charge in [-0.15, -0.1) is 0 Å². The van der Waals surface area contributed by atoms with Gasteiger partial charge in [-0.05, 0) is 40.8 Å². The van der Waals surface area contributed by atoms with E-state index in [9.17, 15) is 9.59 Å². The van der Waals surface area contributed by atoms with Crippen LogP contribution in [0.25, 0.3) is 21.9 Å². The normalized spacial score (nSPS) is 13.6. The van der Waals surface area contributed by atoms with Crippen LogP contribution < -0.4 is 5.56 Å². The van der Waals surface area contributed by atoms with Crippen molar-refractivity contribution in [3.05, 3.63) is 115 Å². The van der Waals surface area contributed by atoms with Gasteiger partial charge in [0.2, 0.25) is 6.79 Å². The molecule has 6 nitrogen and oxygen atoms in total. The van der Waals surface area contributed by atoms with Crippen LogP contribution in [0.5, 0.6) is 0 Å². The fourth-order valence-electron chi connectivity index (χ4n) is 4.34. The lowest BCUT2D eigenvalue weighted by Crippen LogP contribution is -2.33. The van der Waals surface area contributed by atoms with Crippen LogP contribution in [0.2, 0.25) is 0 Å². The molecular weight excluding hydrogens is 578 g/mol. The topological polar surface area (TPSA) is 66.8 Å². The summed E-state index contributed by atoms with van der Waals surface area (Å²) in [7, 11) is 1.30. The third-order valence-electron chi connectivity index (χ3n) is 5.84. The minimum atomic E-state index is -0.787. The van der Waals surface area contributed by atoms with E-state index >= 15 is 0 Å². The average molecular weight is 597 g/mol. The third-order valence-corrected chi connectivity index (χ3v) is 7.06. The molecule has 0 fully saturated rings. The molecule has 4 aromatic rings. The van der Waals surface area contributed by atoms with Crippen LogP contribution in [0.4, 0.5) is 0 Å². The van der Waals surface area contributed by atoms with Crippen molar-refractivity contribution < 1.29 is 19.0 Å². The lowest BCUT2D eigenvalue weighted by molar-refractivity contribution is 0.0580. The Hall–Kier alpha value is -3.36. The van der Waals surface area contributed by atoms with Gasteiger partial charge in [-0.1, -0.05) is 80.4 Å². The van der Waals surface area contributed by atoms with Crippen LogP contribution in [0.1, 0.15) is 22.1 Å². The smallest absolute Gasteiger partial charge is 0.355 e. The Morgan fingerprint density at radius 2 is 1.74 bits per heavy atom. The van der Waals surface area contributed by atoms with Crippen molar-refractivity contribution in [2.75, 3.05) is 13.9 Å². The van der Waals surface area contributed by atoms with Crippen molar-refractivity contribution in [3.8, 4) is 11.1 Å². The Morgan fingerprint density at radius 1 is 1.00 bits per heavy atom. The van der Waals surface area contributed by atoms with E-state index in [1.54, 1.807) is 6.07 Å². The lowest BCUT2D eigenvalue weighted by Gasteiger charge is -2.26. The SMILES string of the molecule is COC(=O)c1c(-c2ccccc2)c2cc(Br)ccc2c(=O)n1C(C1=COCO1)c1ccccc1Br. The number of hydrogen-bond acceptors (Lipinski definition) is 5. The number of nitrogens with zero attached hydrogens (tertiary/aromatic N) is 1. The maximum absolute atomic E-state index is 14.1. The molecule has 0 N–H and O–H groups in total. The Kier molecular flexibility index (Phi) is 6.49. The summed E-state index contributed by atoms with van der Waals surface area (Å²) in [6.07, 6.45) is 1.48. The van der Waals surface area contributed by atoms with Crippen LogP contribution >= 0.6 is 31.9 Å². The molecule has 0 aliphatic carbocycles. The first-order valence-electron chi connectivity index (χ1n) is 10.7. The van der Waals surface area contributed by atoms with Gasteiger partial charge in [0.1, 0.15) is 18.0 Å². The van der Waals surface area contributed by atoms with E-state index in [-0.39, 0.29) is 18.0 Å². The van der Waals surface area contributed by atoms with Gasteiger partial charge < -0.3 is 14.2 Å². The van der Waals surface area contributed by atoms with Gasteiger partial charge in [0.05, 0.1) is 7.11 Å². The second kappa shape index (κ2) is 9.71. The monoisotopic (exact) mass is 595 g/mol. The number of carbonyl (C=O) groups excluding carboxylic acids is 1. The zero-order chi connectivity index (χ0) is 24.5. The molecule has 3 aromatic carbocycles. The van der Waals surface area contributed by atoms with Crippen LogP contribution in [0.3, 0.4) is 0 Å². The maximum atomic E-state index is 14.1. The molecule has 0 spiro atoms. The molecule has 5 rings (SSSR count). The number of allylic oxidation sites excluding steroid dienone is 1. The number of carbonyl (C=O) groups is 1. The summed E-state index contributed by atoms with van der Waals surface area (Å²) in [6, 6.07) is 21.6. The van der Waals surface area contributed by atoms with Gasteiger partial charge in [-0.25, -0.2) is 4.79 Å². The van der Waals surface area contributed by atoms with Crippen LogP contribution in [-0.2, 0) is 14.2 Å². The second-order valence-corrected chi connectivity index (χ2v) is 9.59. The van der Waals surface area contributed by atoms with Crippen molar-refractivity contribution >= 4 is 48.6 Å². The summed E-state index contributed by atoms with van der Waals surface area (Å²) in [5.41, 5.74) is 1.85. The summed E-state index contributed by atoms with van der Waals surface area (Å²) in [5, 5.41) is 1.09. The van der Waals surface area contributed by atoms with E-state index in [1.807, 2.05) is 66.7 Å². The molecule has 0 radical (unpaired) electrons. The largest absolute Gasteiger partial charge is 0.464 e. The molecule has 2 heterocycles. The van der Waals surface area contributed by atoms with Gasteiger partial charge in [-0.3, -0.25) is 9.36 Å². The van der Waals surface area contributed by atoms with Crippen LogP contribution in [-0.4, -0.2) is 24.4 Å². The predicted molar refractivity (Wildman–Crippen MR) is 140 cm³/mol. The average Bonchev–Trinajstić information content (AvgIpc) is 3.41. The Labute approximate surface area is 218 Å².